The number of nitrogens with one attached hydrogen (secondary N) is 1. The van der Waals surface area contributed by atoms with Gasteiger partial charge in [0.2, 0.25) is 0 Å². The molecular weight excluding hydrogens is 338 g/mol. The lowest BCUT2D eigenvalue weighted by Gasteiger charge is -2.18. The number of nitrogen functional groups attached to an aromatic ring is 1. The molecule has 0 saturated carbocycles. The molecule has 0 aliphatic carbocycles. The van der Waals surface area contributed by atoms with E-state index in [2.05, 4.69) is 5.32 Å². The fraction of sp³-hybridized carbons (Fsp3) is 0.263. The SMILES string of the molecule is CCN(CC)C(=O)c1ccc(CNC(=O)c2ccc(N)cc2)cc1.Cl. The van der Waals surface area contributed by atoms with Crippen molar-refractivity contribution in [1.82, 2.24) is 10.2 Å². The van der Waals surface area contributed by atoms with Gasteiger partial charge >= 0.3 is 0 Å². The van der Waals surface area contributed by atoms with Crippen LogP contribution in [0.2, 0.25) is 0 Å². The summed E-state index contributed by atoms with van der Waals surface area (Å²) in [7, 11) is 0. The van der Waals surface area contributed by atoms with Gasteiger partial charge in [-0.15, -0.1) is 12.4 Å². The van der Waals surface area contributed by atoms with E-state index in [1.165, 1.54) is 0 Å². The number of nitrogens with two attached hydrogens (primary N) is 1. The minimum absolute atomic E-state index is 0. The first-order chi connectivity index (χ1) is 11.5. The van der Waals surface area contributed by atoms with E-state index >= 15 is 0 Å². The summed E-state index contributed by atoms with van der Waals surface area (Å²) in [5.41, 5.74) is 8.40. The number of benzene rings is 2. The average Bonchev–Trinajstić information content (AvgIpc) is 2.61. The molecule has 2 rings (SSSR count). The van der Waals surface area contributed by atoms with E-state index in [1.54, 1.807) is 41.3 Å². The Labute approximate surface area is 154 Å². The van der Waals surface area contributed by atoms with Crippen molar-refractivity contribution in [3.8, 4) is 0 Å². The molecule has 2 aromatic carbocycles. The summed E-state index contributed by atoms with van der Waals surface area (Å²) >= 11 is 0. The summed E-state index contributed by atoms with van der Waals surface area (Å²) in [4.78, 5) is 26.1. The number of rotatable bonds is 6. The Morgan fingerprint density at radius 2 is 1.44 bits per heavy atom. The molecule has 3 N–H and O–H groups in total. The van der Waals surface area contributed by atoms with Crippen molar-refractivity contribution in [3.63, 3.8) is 0 Å². The second kappa shape index (κ2) is 9.69. The van der Waals surface area contributed by atoms with E-state index in [-0.39, 0.29) is 24.2 Å². The Hall–Kier alpha value is -2.53. The molecule has 0 spiro atoms. The van der Waals surface area contributed by atoms with Crippen LogP contribution in [0.25, 0.3) is 0 Å². The fourth-order valence-corrected chi connectivity index (χ4v) is 2.38. The molecule has 0 heterocycles. The monoisotopic (exact) mass is 361 g/mol. The van der Waals surface area contributed by atoms with Crippen molar-refractivity contribution in [2.24, 2.45) is 0 Å². The lowest BCUT2D eigenvalue weighted by atomic mass is 10.1. The van der Waals surface area contributed by atoms with Crippen LogP contribution in [0.1, 0.15) is 40.1 Å². The maximum absolute atomic E-state index is 12.2. The van der Waals surface area contributed by atoms with Gasteiger partial charge in [0.25, 0.3) is 11.8 Å². The molecular formula is C19H24ClN3O2. The molecule has 0 saturated heterocycles. The highest BCUT2D eigenvalue weighted by Crippen LogP contribution is 2.09. The predicted octanol–water partition coefficient (Wildman–Crippen LogP) is 3.10. The van der Waals surface area contributed by atoms with Gasteiger partial charge in [0.1, 0.15) is 0 Å². The van der Waals surface area contributed by atoms with E-state index in [4.69, 9.17) is 5.73 Å². The van der Waals surface area contributed by atoms with Crippen LogP contribution in [-0.4, -0.2) is 29.8 Å². The third kappa shape index (κ3) is 5.50. The first-order valence-electron chi connectivity index (χ1n) is 8.07. The van der Waals surface area contributed by atoms with Crippen LogP contribution in [0.3, 0.4) is 0 Å². The van der Waals surface area contributed by atoms with E-state index in [9.17, 15) is 9.59 Å². The number of carbonyl (C=O) groups excluding carboxylic acids is 2. The molecule has 2 amide bonds. The highest BCUT2D eigenvalue weighted by atomic mass is 35.5. The van der Waals surface area contributed by atoms with Gasteiger partial charge in [0.05, 0.1) is 0 Å². The van der Waals surface area contributed by atoms with Crippen LogP contribution >= 0.6 is 12.4 Å². The van der Waals surface area contributed by atoms with Crippen molar-refractivity contribution in [3.05, 3.63) is 65.2 Å². The molecule has 134 valence electrons. The van der Waals surface area contributed by atoms with Gasteiger partial charge in [-0.05, 0) is 55.8 Å². The molecule has 2 aromatic rings. The smallest absolute Gasteiger partial charge is 0.253 e. The number of nitrogens with zero attached hydrogens (tertiary/aromatic N) is 1. The normalized spacial score (nSPS) is 9.84. The third-order valence-corrected chi connectivity index (χ3v) is 3.88. The van der Waals surface area contributed by atoms with Crippen LogP contribution < -0.4 is 11.1 Å². The molecule has 0 atom stereocenters. The summed E-state index contributed by atoms with van der Waals surface area (Å²) in [5.74, 6) is -0.129. The molecule has 25 heavy (non-hydrogen) atoms. The number of carbonyl (C=O) groups is 2. The minimum atomic E-state index is -0.154. The maximum atomic E-state index is 12.2. The van der Waals surface area contributed by atoms with Crippen molar-refractivity contribution in [1.29, 1.82) is 0 Å². The van der Waals surface area contributed by atoms with Gasteiger partial charge < -0.3 is 16.0 Å². The van der Waals surface area contributed by atoms with Crippen LogP contribution in [0.15, 0.2) is 48.5 Å². The van der Waals surface area contributed by atoms with Gasteiger partial charge in [-0.2, -0.15) is 0 Å². The van der Waals surface area contributed by atoms with Gasteiger partial charge in [-0.25, -0.2) is 0 Å². The molecule has 0 fully saturated rings. The van der Waals surface area contributed by atoms with Crippen LogP contribution in [0, 0.1) is 0 Å². The number of amides is 2. The molecule has 0 unspecified atom stereocenters. The topological polar surface area (TPSA) is 75.4 Å². The van der Waals surface area contributed by atoms with E-state index < -0.39 is 0 Å². The number of hydrogen-bond acceptors (Lipinski definition) is 3. The third-order valence-electron chi connectivity index (χ3n) is 3.88. The van der Waals surface area contributed by atoms with Crippen molar-refractivity contribution >= 4 is 29.9 Å². The van der Waals surface area contributed by atoms with Gasteiger partial charge in [0.15, 0.2) is 0 Å². The Balaban J connectivity index is 0.00000312. The lowest BCUT2D eigenvalue weighted by Crippen LogP contribution is -2.30. The minimum Gasteiger partial charge on any atom is -0.399 e. The van der Waals surface area contributed by atoms with E-state index in [0.29, 0.717) is 36.4 Å². The van der Waals surface area contributed by atoms with E-state index in [0.717, 1.165) is 5.56 Å². The van der Waals surface area contributed by atoms with E-state index in [1.807, 2.05) is 26.0 Å². The molecule has 0 radical (unpaired) electrons. The quantitative estimate of drug-likeness (QED) is 0.776. The van der Waals surface area contributed by atoms with Gasteiger partial charge in [0, 0.05) is 36.4 Å². The lowest BCUT2D eigenvalue weighted by molar-refractivity contribution is 0.0772. The molecule has 5 nitrogen and oxygen atoms in total. The molecule has 0 aliphatic rings. The second-order valence-electron chi connectivity index (χ2n) is 5.48. The summed E-state index contributed by atoms with van der Waals surface area (Å²) in [6.45, 7) is 5.71. The largest absolute Gasteiger partial charge is 0.399 e. The zero-order valence-electron chi connectivity index (χ0n) is 14.5. The van der Waals surface area contributed by atoms with Crippen LogP contribution in [0.5, 0.6) is 0 Å². The molecule has 0 aliphatic heterocycles. The number of hydrogen-bond donors (Lipinski definition) is 2. The zero-order chi connectivity index (χ0) is 17.5. The van der Waals surface area contributed by atoms with Crippen LogP contribution in [0.4, 0.5) is 5.69 Å². The number of halogens is 1. The molecule has 6 heteroatoms. The highest BCUT2D eigenvalue weighted by molar-refractivity contribution is 5.95. The Kier molecular flexibility index (Phi) is 7.95. The van der Waals surface area contributed by atoms with Gasteiger partial charge in [-0.3, -0.25) is 9.59 Å². The Bertz CT molecular complexity index is 696. The summed E-state index contributed by atoms with van der Waals surface area (Å²) in [6, 6.07) is 14.1. The Morgan fingerprint density at radius 3 is 1.96 bits per heavy atom. The fourth-order valence-electron chi connectivity index (χ4n) is 2.38. The molecule has 0 bridgehead atoms. The first-order valence-corrected chi connectivity index (χ1v) is 8.07. The summed E-state index contributed by atoms with van der Waals surface area (Å²) < 4.78 is 0. The van der Waals surface area contributed by atoms with Crippen LogP contribution in [-0.2, 0) is 6.54 Å². The molecule has 0 aromatic heterocycles. The Morgan fingerprint density at radius 1 is 0.920 bits per heavy atom. The second-order valence-corrected chi connectivity index (χ2v) is 5.48. The van der Waals surface area contributed by atoms with Crippen molar-refractivity contribution in [2.75, 3.05) is 18.8 Å². The first kappa shape index (κ1) is 20.5. The predicted molar refractivity (Wildman–Crippen MR) is 103 cm³/mol. The summed E-state index contributed by atoms with van der Waals surface area (Å²) in [5, 5.41) is 2.85. The maximum Gasteiger partial charge on any atom is 0.253 e. The highest BCUT2D eigenvalue weighted by Gasteiger charge is 2.12. The van der Waals surface area contributed by atoms with Crippen molar-refractivity contribution in [2.45, 2.75) is 20.4 Å². The standard InChI is InChI=1S/C19H23N3O2.ClH/c1-3-22(4-2)19(24)16-7-5-14(6-8-16)13-21-18(23)15-9-11-17(20)12-10-15;/h5-12H,3-4,13,20H2,1-2H3,(H,21,23);1H. The van der Waals surface area contributed by atoms with Crippen molar-refractivity contribution < 1.29 is 9.59 Å². The number of anilines is 1. The summed E-state index contributed by atoms with van der Waals surface area (Å²) in [6.07, 6.45) is 0. The average molecular weight is 362 g/mol. The van der Waals surface area contributed by atoms with Gasteiger partial charge in [-0.1, -0.05) is 12.1 Å². The zero-order valence-corrected chi connectivity index (χ0v) is 15.3.